The minimum atomic E-state index is -4.17. The fourth-order valence-electron chi connectivity index (χ4n) is 2.73. The highest BCUT2D eigenvalue weighted by Crippen LogP contribution is 2.22. The minimum absolute atomic E-state index is 0.0423. The minimum Gasteiger partial charge on any atom is -0.337 e. The molecule has 1 aromatic rings. The summed E-state index contributed by atoms with van der Waals surface area (Å²) in [6.45, 7) is 1.68. The molecule has 0 atom stereocenters. The molecule has 1 aliphatic heterocycles. The fourth-order valence-corrected chi connectivity index (χ4v) is 2.73. The van der Waals surface area contributed by atoms with Crippen molar-refractivity contribution in [3.8, 4) is 0 Å². The lowest BCUT2D eigenvalue weighted by molar-refractivity contribution is -0.148. The van der Waals surface area contributed by atoms with Crippen molar-refractivity contribution in [1.29, 1.82) is 0 Å². The molecule has 8 heteroatoms. The van der Waals surface area contributed by atoms with Gasteiger partial charge in [0.2, 0.25) is 0 Å². The number of likely N-dealkylation sites (tertiary alicyclic amines) is 1. The quantitative estimate of drug-likeness (QED) is 0.854. The molecule has 124 valence electrons. The molecule has 22 heavy (non-hydrogen) atoms. The summed E-state index contributed by atoms with van der Waals surface area (Å²) >= 11 is 0. The van der Waals surface area contributed by atoms with Gasteiger partial charge in [-0.05, 0) is 25.8 Å². The molecule has 5 nitrogen and oxygen atoms in total. The maximum Gasteiger partial charge on any atom is 0.401 e. The number of alkyl halides is 3. The molecule has 0 unspecified atom stereocenters. The summed E-state index contributed by atoms with van der Waals surface area (Å²) < 4.78 is 38.7. The summed E-state index contributed by atoms with van der Waals surface area (Å²) in [6, 6.07) is 1.68. The molecule has 1 aliphatic rings. The van der Waals surface area contributed by atoms with E-state index in [0.29, 0.717) is 31.6 Å². The van der Waals surface area contributed by atoms with Crippen LogP contribution in [0.3, 0.4) is 0 Å². The SMILES string of the molecule is Cc1cc(C(=O)N(C)C2CCN(CC(F)(F)F)CC2)nn1C. The molecule has 2 rings (SSSR count). The normalized spacial score (nSPS) is 17.7. The van der Waals surface area contributed by atoms with E-state index in [4.69, 9.17) is 0 Å². The van der Waals surface area contributed by atoms with Gasteiger partial charge in [0, 0.05) is 38.9 Å². The van der Waals surface area contributed by atoms with Crippen LogP contribution in [-0.2, 0) is 7.05 Å². The molecule has 1 aromatic heterocycles. The van der Waals surface area contributed by atoms with E-state index in [0.717, 1.165) is 5.69 Å². The van der Waals surface area contributed by atoms with Crippen LogP contribution in [0.4, 0.5) is 13.2 Å². The topological polar surface area (TPSA) is 41.4 Å². The van der Waals surface area contributed by atoms with Crippen LogP contribution in [0.25, 0.3) is 0 Å². The average molecular weight is 318 g/mol. The van der Waals surface area contributed by atoms with Gasteiger partial charge in [-0.1, -0.05) is 0 Å². The van der Waals surface area contributed by atoms with Crippen LogP contribution in [0.2, 0.25) is 0 Å². The van der Waals surface area contributed by atoms with Crippen LogP contribution in [0, 0.1) is 6.92 Å². The van der Waals surface area contributed by atoms with Crippen LogP contribution in [-0.4, -0.2) is 64.4 Å². The van der Waals surface area contributed by atoms with E-state index in [1.807, 2.05) is 6.92 Å². The highest BCUT2D eigenvalue weighted by Gasteiger charge is 2.34. The van der Waals surface area contributed by atoms with E-state index in [1.54, 1.807) is 29.7 Å². The summed E-state index contributed by atoms with van der Waals surface area (Å²) in [6.07, 6.45) is -3.08. The third-order valence-corrected chi connectivity index (χ3v) is 4.16. The van der Waals surface area contributed by atoms with Crippen molar-refractivity contribution in [2.45, 2.75) is 32.0 Å². The molecule has 2 heterocycles. The zero-order valence-corrected chi connectivity index (χ0v) is 13.0. The maximum absolute atomic E-state index is 12.4. The molecule has 0 saturated carbocycles. The molecule has 1 fully saturated rings. The zero-order chi connectivity index (χ0) is 16.5. The van der Waals surface area contributed by atoms with Crippen molar-refractivity contribution < 1.29 is 18.0 Å². The van der Waals surface area contributed by atoms with E-state index in [9.17, 15) is 18.0 Å². The first-order valence-electron chi connectivity index (χ1n) is 7.24. The van der Waals surface area contributed by atoms with Crippen molar-refractivity contribution in [1.82, 2.24) is 19.6 Å². The number of rotatable bonds is 3. The second-order valence-corrected chi connectivity index (χ2v) is 5.83. The standard InChI is InChI=1S/C14H21F3N4O/c1-10-8-12(18-20(10)3)13(22)19(2)11-4-6-21(7-5-11)9-14(15,16)17/h8,11H,4-7,9H2,1-3H3. The van der Waals surface area contributed by atoms with Crippen LogP contribution < -0.4 is 0 Å². The van der Waals surface area contributed by atoms with Gasteiger partial charge in [0.15, 0.2) is 5.69 Å². The predicted molar refractivity (Wildman–Crippen MR) is 75.6 cm³/mol. The molecule has 0 bridgehead atoms. The zero-order valence-electron chi connectivity index (χ0n) is 13.0. The second kappa shape index (κ2) is 6.28. The third-order valence-electron chi connectivity index (χ3n) is 4.16. The van der Waals surface area contributed by atoms with Crippen molar-refractivity contribution in [2.75, 3.05) is 26.7 Å². The molecule has 0 aliphatic carbocycles. The lowest BCUT2D eigenvalue weighted by Gasteiger charge is -2.36. The summed E-state index contributed by atoms with van der Waals surface area (Å²) in [5.41, 5.74) is 1.26. The molecule has 0 radical (unpaired) electrons. The Labute approximate surface area is 127 Å². The Bertz CT molecular complexity index is 513. The van der Waals surface area contributed by atoms with Gasteiger partial charge in [0.05, 0.1) is 6.54 Å². The molecule has 0 spiro atoms. The van der Waals surface area contributed by atoms with E-state index in [2.05, 4.69) is 5.10 Å². The first kappa shape index (κ1) is 16.8. The Morgan fingerprint density at radius 3 is 2.45 bits per heavy atom. The summed E-state index contributed by atoms with van der Waals surface area (Å²) in [4.78, 5) is 15.4. The number of nitrogens with zero attached hydrogens (tertiary/aromatic N) is 4. The smallest absolute Gasteiger partial charge is 0.337 e. The summed E-state index contributed by atoms with van der Waals surface area (Å²) in [7, 11) is 3.46. The molecule has 1 saturated heterocycles. The first-order chi connectivity index (χ1) is 10.2. The Morgan fingerprint density at radius 1 is 1.41 bits per heavy atom. The molecule has 0 N–H and O–H groups in total. The van der Waals surface area contributed by atoms with E-state index in [-0.39, 0.29) is 11.9 Å². The fraction of sp³-hybridized carbons (Fsp3) is 0.714. The van der Waals surface area contributed by atoms with Gasteiger partial charge in [-0.3, -0.25) is 14.4 Å². The number of carbonyl (C=O) groups excluding carboxylic acids is 1. The Balaban J connectivity index is 1.92. The van der Waals surface area contributed by atoms with Crippen molar-refractivity contribution in [2.24, 2.45) is 7.05 Å². The number of amides is 1. The number of aromatic nitrogens is 2. The number of piperidine rings is 1. The Morgan fingerprint density at radius 2 is 2.00 bits per heavy atom. The van der Waals surface area contributed by atoms with Crippen molar-refractivity contribution in [3.05, 3.63) is 17.5 Å². The Hall–Kier alpha value is -1.57. The number of aryl methyl sites for hydroxylation is 2. The van der Waals surface area contributed by atoms with Crippen LogP contribution >= 0.6 is 0 Å². The number of halogens is 3. The van der Waals surface area contributed by atoms with Gasteiger partial charge in [-0.2, -0.15) is 18.3 Å². The monoisotopic (exact) mass is 318 g/mol. The number of carbonyl (C=O) groups is 1. The van der Waals surface area contributed by atoms with Gasteiger partial charge in [0.25, 0.3) is 5.91 Å². The first-order valence-corrected chi connectivity index (χ1v) is 7.24. The summed E-state index contributed by atoms with van der Waals surface area (Å²) in [5, 5.41) is 4.16. The summed E-state index contributed by atoms with van der Waals surface area (Å²) in [5.74, 6) is -0.182. The van der Waals surface area contributed by atoms with Crippen molar-refractivity contribution >= 4 is 5.91 Å². The van der Waals surface area contributed by atoms with Gasteiger partial charge in [-0.15, -0.1) is 0 Å². The average Bonchev–Trinajstić information content (AvgIpc) is 2.76. The van der Waals surface area contributed by atoms with Crippen LogP contribution in [0.5, 0.6) is 0 Å². The van der Waals surface area contributed by atoms with E-state index < -0.39 is 12.7 Å². The Kier molecular flexibility index (Phi) is 4.79. The van der Waals surface area contributed by atoms with Gasteiger partial charge in [0.1, 0.15) is 0 Å². The van der Waals surface area contributed by atoms with E-state index in [1.165, 1.54) is 4.90 Å². The largest absolute Gasteiger partial charge is 0.401 e. The second-order valence-electron chi connectivity index (χ2n) is 5.83. The van der Waals surface area contributed by atoms with Crippen LogP contribution in [0.15, 0.2) is 6.07 Å². The van der Waals surface area contributed by atoms with Gasteiger partial charge >= 0.3 is 6.18 Å². The van der Waals surface area contributed by atoms with E-state index >= 15 is 0 Å². The van der Waals surface area contributed by atoms with Gasteiger partial charge < -0.3 is 4.90 Å². The lowest BCUT2D eigenvalue weighted by atomic mass is 10.0. The molecular weight excluding hydrogens is 297 g/mol. The third kappa shape index (κ3) is 4.00. The van der Waals surface area contributed by atoms with Crippen molar-refractivity contribution in [3.63, 3.8) is 0 Å². The molecule has 1 amide bonds. The van der Waals surface area contributed by atoms with Crippen LogP contribution in [0.1, 0.15) is 29.0 Å². The lowest BCUT2D eigenvalue weighted by Crippen LogP contribution is -2.47. The highest BCUT2D eigenvalue weighted by atomic mass is 19.4. The molecule has 0 aromatic carbocycles. The number of hydrogen-bond acceptors (Lipinski definition) is 3. The van der Waals surface area contributed by atoms with Gasteiger partial charge in [-0.25, -0.2) is 0 Å². The maximum atomic E-state index is 12.4. The molecular formula is C14H21F3N4O. The predicted octanol–water partition coefficient (Wildman–Crippen LogP) is 1.83. The highest BCUT2D eigenvalue weighted by molar-refractivity contribution is 5.92. The number of hydrogen-bond donors (Lipinski definition) is 0.